The Kier molecular flexibility index (Phi) is 5.20. The number of aryl methyl sites for hydroxylation is 1. The van der Waals surface area contributed by atoms with Gasteiger partial charge in [-0.25, -0.2) is 4.99 Å². The summed E-state index contributed by atoms with van der Waals surface area (Å²) in [4.78, 5) is 8.51. The minimum atomic E-state index is 0.516. The van der Waals surface area contributed by atoms with E-state index in [4.69, 9.17) is 4.99 Å². The van der Waals surface area contributed by atoms with E-state index >= 15 is 0 Å². The van der Waals surface area contributed by atoms with Gasteiger partial charge in [-0.05, 0) is 35.9 Å². The molecular weight excluding hydrogens is 356 g/mol. The van der Waals surface area contributed by atoms with E-state index in [1.165, 1.54) is 16.0 Å². The van der Waals surface area contributed by atoms with Crippen LogP contribution in [0.1, 0.15) is 27.7 Å². The normalized spacial score (nSPS) is 14.3. The summed E-state index contributed by atoms with van der Waals surface area (Å²) < 4.78 is 1.99. The molecule has 3 aromatic rings. The molecule has 27 heavy (non-hydrogen) atoms. The largest absolute Gasteiger partial charge is 0.351 e. The third-order valence-electron chi connectivity index (χ3n) is 4.98. The zero-order valence-corrected chi connectivity index (χ0v) is 16.5. The highest BCUT2D eigenvalue weighted by Crippen LogP contribution is 2.19. The Morgan fingerprint density at radius 1 is 1.19 bits per heavy atom. The van der Waals surface area contributed by atoms with Gasteiger partial charge in [-0.15, -0.1) is 21.5 Å². The van der Waals surface area contributed by atoms with Gasteiger partial charge in [-0.1, -0.05) is 30.3 Å². The molecule has 0 radical (unpaired) electrons. The van der Waals surface area contributed by atoms with Gasteiger partial charge in [-0.2, -0.15) is 0 Å². The summed E-state index contributed by atoms with van der Waals surface area (Å²) in [5, 5.41) is 14.0. The number of hydrogen-bond donors (Lipinski definition) is 1. The zero-order chi connectivity index (χ0) is 18.6. The van der Waals surface area contributed by atoms with Crippen molar-refractivity contribution in [2.75, 3.05) is 6.54 Å². The summed E-state index contributed by atoms with van der Waals surface area (Å²) in [5.41, 5.74) is 2.82. The molecule has 7 heteroatoms. The first-order valence-corrected chi connectivity index (χ1v) is 10.1. The Labute approximate surface area is 163 Å². The topological polar surface area (TPSA) is 58.3 Å². The van der Waals surface area contributed by atoms with Crippen molar-refractivity contribution in [2.24, 2.45) is 12.0 Å². The van der Waals surface area contributed by atoms with Crippen LogP contribution < -0.4 is 5.32 Å². The van der Waals surface area contributed by atoms with Gasteiger partial charge in [0, 0.05) is 25.0 Å². The fourth-order valence-electron chi connectivity index (χ4n) is 3.26. The summed E-state index contributed by atoms with van der Waals surface area (Å²) in [6.07, 6.45) is 1.04. The van der Waals surface area contributed by atoms with Crippen LogP contribution in [0.15, 0.2) is 46.8 Å². The van der Waals surface area contributed by atoms with E-state index in [2.05, 4.69) is 62.2 Å². The SMILES string of the molecule is Cc1nnc(CN=C(NCc2cccs2)N2CCc3ccccc3C2)n1C. The zero-order valence-electron chi connectivity index (χ0n) is 15.7. The highest BCUT2D eigenvalue weighted by molar-refractivity contribution is 7.09. The van der Waals surface area contributed by atoms with Crippen molar-refractivity contribution < 1.29 is 0 Å². The quantitative estimate of drug-likeness (QED) is 0.559. The van der Waals surface area contributed by atoms with Gasteiger partial charge in [-0.3, -0.25) is 0 Å². The van der Waals surface area contributed by atoms with Crippen LogP contribution in [0.4, 0.5) is 0 Å². The molecule has 0 aliphatic carbocycles. The number of nitrogens with one attached hydrogen (secondary N) is 1. The summed E-state index contributed by atoms with van der Waals surface area (Å²) >= 11 is 1.76. The molecule has 0 bridgehead atoms. The Morgan fingerprint density at radius 2 is 2.04 bits per heavy atom. The van der Waals surface area contributed by atoms with Gasteiger partial charge in [0.15, 0.2) is 11.8 Å². The van der Waals surface area contributed by atoms with E-state index in [1.54, 1.807) is 11.3 Å². The smallest absolute Gasteiger partial charge is 0.194 e. The lowest BCUT2D eigenvalue weighted by Gasteiger charge is -2.31. The third-order valence-corrected chi connectivity index (χ3v) is 5.86. The molecule has 1 aromatic carbocycles. The Morgan fingerprint density at radius 3 is 2.78 bits per heavy atom. The number of hydrogen-bond acceptors (Lipinski definition) is 4. The van der Waals surface area contributed by atoms with Crippen molar-refractivity contribution >= 4 is 17.3 Å². The van der Waals surface area contributed by atoms with Crippen molar-refractivity contribution in [3.05, 3.63) is 69.4 Å². The van der Waals surface area contributed by atoms with Crippen LogP contribution in [0.3, 0.4) is 0 Å². The second-order valence-corrected chi connectivity index (χ2v) is 7.77. The maximum Gasteiger partial charge on any atom is 0.194 e. The fraction of sp³-hybridized carbons (Fsp3) is 0.350. The minimum Gasteiger partial charge on any atom is -0.351 e. The van der Waals surface area contributed by atoms with Crippen molar-refractivity contribution in [3.8, 4) is 0 Å². The van der Waals surface area contributed by atoms with Crippen LogP contribution in [0.2, 0.25) is 0 Å². The highest BCUT2D eigenvalue weighted by Gasteiger charge is 2.19. The predicted molar refractivity (Wildman–Crippen MR) is 109 cm³/mol. The minimum absolute atomic E-state index is 0.516. The molecule has 1 N–H and O–H groups in total. The number of aromatic nitrogens is 3. The van der Waals surface area contributed by atoms with Gasteiger partial charge in [0.25, 0.3) is 0 Å². The third kappa shape index (κ3) is 4.03. The lowest BCUT2D eigenvalue weighted by molar-refractivity contribution is 0.377. The maximum absolute atomic E-state index is 4.88. The molecule has 0 spiro atoms. The fourth-order valence-corrected chi connectivity index (χ4v) is 3.90. The number of guanidine groups is 1. The summed E-state index contributed by atoms with van der Waals surface area (Å²) in [6, 6.07) is 12.9. The standard InChI is InChI=1S/C20H24N6S/c1-15-23-24-19(25(15)2)13-22-20(21-12-18-8-5-11-27-18)26-10-9-16-6-3-4-7-17(16)14-26/h3-8,11H,9-10,12-14H2,1-2H3,(H,21,22). The first kappa shape index (κ1) is 17.7. The van der Waals surface area contributed by atoms with E-state index in [9.17, 15) is 0 Å². The van der Waals surface area contributed by atoms with Gasteiger partial charge < -0.3 is 14.8 Å². The highest BCUT2D eigenvalue weighted by atomic mass is 32.1. The summed E-state index contributed by atoms with van der Waals surface area (Å²) in [6.45, 7) is 5.10. The Hall–Kier alpha value is -2.67. The molecule has 4 rings (SSSR count). The van der Waals surface area contributed by atoms with E-state index < -0.39 is 0 Å². The second-order valence-electron chi connectivity index (χ2n) is 6.74. The van der Waals surface area contributed by atoms with Crippen molar-refractivity contribution in [3.63, 3.8) is 0 Å². The molecule has 1 aliphatic heterocycles. The molecule has 0 fully saturated rings. The lowest BCUT2D eigenvalue weighted by Crippen LogP contribution is -2.43. The molecular formula is C20H24N6S. The number of nitrogens with zero attached hydrogens (tertiary/aromatic N) is 5. The number of aliphatic imine (C=N–C) groups is 1. The molecule has 1 aliphatic rings. The van der Waals surface area contributed by atoms with Gasteiger partial charge in [0.05, 0.1) is 6.54 Å². The molecule has 3 heterocycles. The van der Waals surface area contributed by atoms with Crippen LogP contribution in [-0.2, 0) is 33.1 Å². The van der Waals surface area contributed by atoms with Crippen LogP contribution >= 0.6 is 11.3 Å². The number of rotatable bonds is 4. The van der Waals surface area contributed by atoms with Crippen LogP contribution in [0.25, 0.3) is 0 Å². The average Bonchev–Trinajstić information content (AvgIpc) is 3.33. The van der Waals surface area contributed by atoms with Crippen LogP contribution in [0.5, 0.6) is 0 Å². The molecule has 0 amide bonds. The first-order chi connectivity index (χ1) is 13.2. The summed E-state index contributed by atoms with van der Waals surface area (Å²) in [7, 11) is 1.98. The number of thiophene rings is 1. The molecule has 0 saturated heterocycles. The van der Waals surface area contributed by atoms with E-state index in [-0.39, 0.29) is 0 Å². The summed E-state index contributed by atoms with van der Waals surface area (Å²) in [5.74, 6) is 2.71. The van der Waals surface area contributed by atoms with E-state index in [0.29, 0.717) is 6.54 Å². The van der Waals surface area contributed by atoms with E-state index in [0.717, 1.165) is 43.7 Å². The monoisotopic (exact) mass is 380 g/mol. The molecule has 6 nitrogen and oxygen atoms in total. The van der Waals surface area contributed by atoms with Gasteiger partial charge in [0.1, 0.15) is 12.4 Å². The molecule has 0 saturated carbocycles. The van der Waals surface area contributed by atoms with Gasteiger partial charge in [0.2, 0.25) is 0 Å². The number of benzene rings is 1. The molecule has 140 valence electrons. The molecule has 0 atom stereocenters. The Balaban J connectivity index is 1.54. The van der Waals surface area contributed by atoms with Crippen molar-refractivity contribution in [1.82, 2.24) is 25.0 Å². The second kappa shape index (κ2) is 7.92. The predicted octanol–water partition coefficient (Wildman–Crippen LogP) is 2.89. The van der Waals surface area contributed by atoms with E-state index in [1.807, 2.05) is 18.5 Å². The maximum atomic E-state index is 4.88. The lowest BCUT2D eigenvalue weighted by atomic mass is 10.0. The van der Waals surface area contributed by atoms with Crippen molar-refractivity contribution in [1.29, 1.82) is 0 Å². The Bertz CT molecular complexity index is 928. The van der Waals surface area contributed by atoms with Crippen molar-refractivity contribution in [2.45, 2.75) is 33.0 Å². The average molecular weight is 381 g/mol. The van der Waals surface area contributed by atoms with Gasteiger partial charge >= 0.3 is 0 Å². The molecule has 2 aromatic heterocycles. The first-order valence-electron chi connectivity index (χ1n) is 9.18. The molecule has 0 unspecified atom stereocenters. The van der Waals surface area contributed by atoms with Crippen LogP contribution in [-0.4, -0.2) is 32.2 Å². The van der Waals surface area contributed by atoms with Crippen LogP contribution in [0, 0.1) is 6.92 Å². The number of fused-ring (bicyclic) bond motifs is 1.